The van der Waals surface area contributed by atoms with E-state index in [2.05, 4.69) is 4.98 Å². The Morgan fingerprint density at radius 2 is 2.47 bits per heavy atom. The molecule has 1 saturated heterocycles. The van der Waals surface area contributed by atoms with Crippen LogP contribution in [0.25, 0.3) is 0 Å². The van der Waals surface area contributed by atoms with Crippen molar-refractivity contribution < 1.29 is 4.79 Å². The smallest absolute Gasteiger partial charge is 0.224 e. The molecule has 0 bridgehead atoms. The molecule has 1 aromatic rings. The van der Waals surface area contributed by atoms with Crippen LogP contribution in [0.1, 0.15) is 30.0 Å². The number of rotatable bonds is 2. The van der Waals surface area contributed by atoms with E-state index in [0.29, 0.717) is 13.0 Å². The van der Waals surface area contributed by atoms with Gasteiger partial charge in [-0.05, 0) is 13.8 Å². The molecule has 0 spiro atoms. The number of nitrogens with two attached hydrogens (primary N) is 1. The van der Waals surface area contributed by atoms with Gasteiger partial charge in [0.15, 0.2) is 0 Å². The lowest BCUT2D eigenvalue weighted by molar-refractivity contribution is -0.128. The van der Waals surface area contributed by atoms with Crippen molar-refractivity contribution in [1.29, 1.82) is 0 Å². The Kier molecular flexibility index (Phi) is 2.75. The standard InChI is InChI=1S/C10H15N3OS/c1-3-13-8(14)4-7(11)9(13)10-6(2)12-5-15-10/h5,7,9H,3-4,11H2,1-2H3/t7-,9-/m0/s1. The summed E-state index contributed by atoms with van der Waals surface area (Å²) in [5, 5.41) is 0. The fourth-order valence-corrected chi connectivity index (χ4v) is 3.11. The molecule has 2 N–H and O–H groups in total. The summed E-state index contributed by atoms with van der Waals surface area (Å²) in [6.45, 7) is 4.67. The molecule has 1 aromatic heterocycles. The molecule has 0 aliphatic carbocycles. The maximum atomic E-state index is 11.7. The normalized spacial score (nSPS) is 26.3. The molecule has 0 aromatic carbocycles. The van der Waals surface area contributed by atoms with Crippen LogP contribution in [0.2, 0.25) is 0 Å². The fourth-order valence-electron chi connectivity index (χ4n) is 2.12. The highest BCUT2D eigenvalue weighted by Gasteiger charge is 2.39. The Hall–Kier alpha value is -0.940. The number of carbonyl (C=O) groups excluding carboxylic acids is 1. The van der Waals surface area contributed by atoms with Crippen LogP contribution in [-0.4, -0.2) is 28.4 Å². The minimum Gasteiger partial charge on any atom is -0.333 e. The first-order valence-electron chi connectivity index (χ1n) is 5.10. The van der Waals surface area contributed by atoms with Gasteiger partial charge in [-0.3, -0.25) is 4.79 Å². The molecule has 82 valence electrons. The number of hydrogen-bond donors (Lipinski definition) is 1. The highest BCUT2D eigenvalue weighted by molar-refractivity contribution is 7.09. The monoisotopic (exact) mass is 225 g/mol. The van der Waals surface area contributed by atoms with Gasteiger partial charge in [-0.25, -0.2) is 4.98 Å². The van der Waals surface area contributed by atoms with E-state index in [1.807, 2.05) is 24.3 Å². The van der Waals surface area contributed by atoms with Crippen molar-refractivity contribution >= 4 is 17.2 Å². The lowest BCUT2D eigenvalue weighted by atomic mass is 10.1. The van der Waals surface area contributed by atoms with Crippen molar-refractivity contribution in [3.63, 3.8) is 0 Å². The van der Waals surface area contributed by atoms with Gasteiger partial charge in [0.2, 0.25) is 5.91 Å². The molecule has 1 amide bonds. The minimum absolute atomic E-state index is 0.0370. The van der Waals surface area contributed by atoms with Gasteiger partial charge in [0.1, 0.15) is 0 Å². The molecule has 15 heavy (non-hydrogen) atoms. The predicted molar refractivity (Wildman–Crippen MR) is 59.6 cm³/mol. The number of aromatic nitrogens is 1. The summed E-state index contributed by atoms with van der Waals surface area (Å²) in [4.78, 5) is 18.9. The Morgan fingerprint density at radius 1 is 1.73 bits per heavy atom. The third-order valence-electron chi connectivity index (χ3n) is 2.86. The molecule has 5 heteroatoms. The third-order valence-corrected chi connectivity index (χ3v) is 3.87. The lowest BCUT2D eigenvalue weighted by Crippen LogP contribution is -2.32. The van der Waals surface area contributed by atoms with Crippen LogP contribution in [0, 0.1) is 6.92 Å². The van der Waals surface area contributed by atoms with Crippen LogP contribution in [-0.2, 0) is 4.79 Å². The molecular formula is C10H15N3OS. The molecule has 0 radical (unpaired) electrons. The van der Waals surface area contributed by atoms with Crippen molar-refractivity contribution in [2.75, 3.05) is 6.54 Å². The van der Waals surface area contributed by atoms with E-state index in [9.17, 15) is 4.79 Å². The summed E-state index contributed by atoms with van der Waals surface area (Å²) in [7, 11) is 0. The first kappa shape index (κ1) is 10.6. The Balaban J connectivity index is 2.35. The topological polar surface area (TPSA) is 59.2 Å². The summed E-state index contributed by atoms with van der Waals surface area (Å²) < 4.78 is 0. The quantitative estimate of drug-likeness (QED) is 0.819. The largest absolute Gasteiger partial charge is 0.333 e. The fraction of sp³-hybridized carbons (Fsp3) is 0.600. The number of thiazole rings is 1. The Labute approximate surface area is 93.1 Å². The van der Waals surface area contributed by atoms with Crippen molar-refractivity contribution in [3.8, 4) is 0 Å². The summed E-state index contributed by atoms with van der Waals surface area (Å²) in [5.41, 5.74) is 8.82. The summed E-state index contributed by atoms with van der Waals surface area (Å²) in [6.07, 6.45) is 0.454. The zero-order valence-corrected chi connectivity index (χ0v) is 9.75. The van der Waals surface area contributed by atoms with Gasteiger partial charge < -0.3 is 10.6 Å². The van der Waals surface area contributed by atoms with Crippen LogP contribution in [0.5, 0.6) is 0 Å². The number of amides is 1. The number of likely N-dealkylation sites (tertiary alicyclic amines) is 1. The van der Waals surface area contributed by atoms with Crippen molar-refractivity contribution in [2.24, 2.45) is 5.73 Å². The zero-order valence-electron chi connectivity index (χ0n) is 8.93. The van der Waals surface area contributed by atoms with Gasteiger partial charge in [-0.2, -0.15) is 0 Å². The SMILES string of the molecule is CCN1C(=O)C[C@H](N)[C@H]1c1scnc1C. The first-order chi connectivity index (χ1) is 7.15. The van der Waals surface area contributed by atoms with E-state index in [1.165, 1.54) is 0 Å². The van der Waals surface area contributed by atoms with E-state index in [-0.39, 0.29) is 18.0 Å². The molecule has 1 aliphatic rings. The molecule has 0 unspecified atom stereocenters. The molecule has 1 fully saturated rings. The number of carbonyl (C=O) groups is 1. The summed E-state index contributed by atoms with van der Waals surface area (Å²) >= 11 is 1.59. The maximum Gasteiger partial charge on any atom is 0.224 e. The van der Waals surface area contributed by atoms with Crippen molar-refractivity contribution in [3.05, 3.63) is 16.1 Å². The Morgan fingerprint density at radius 3 is 3.00 bits per heavy atom. The zero-order chi connectivity index (χ0) is 11.0. The molecule has 2 heterocycles. The van der Waals surface area contributed by atoms with E-state index in [4.69, 9.17) is 5.73 Å². The summed E-state index contributed by atoms with van der Waals surface area (Å²) in [6, 6.07) is -0.0494. The number of likely N-dealkylation sites (N-methyl/N-ethyl adjacent to an activating group) is 1. The minimum atomic E-state index is -0.0865. The Bertz CT molecular complexity index is 376. The first-order valence-corrected chi connectivity index (χ1v) is 5.98. The van der Waals surface area contributed by atoms with Crippen molar-refractivity contribution in [2.45, 2.75) is 32.4 Å². The van der Waals surface area contributed by atoms with Crippen molar-refractivity contribution in [1.82, 2.24) is 9.88 Å². The number of hydrogen-bond acceptors (Lipinski definition) is 4. The molecular weight excluding hydrogens is 210 g/mol. The maximum absolute atomic E-state index is 11.7. The third kappa shape index (κ3) is 1.66. The predicted octanol–water partition coefficient (Wildman–Crippen LogP) is 1.07. The van der Waals surface area contributed by atoms with Crippen LogP contribution in [0.4, 0.5) is 0 Å². The highest BCUT2D eigenvalue weighted by Crippen LogP contribution is 2.35. The van der Waals surface area contributed by atoms with E-state index >= 15 is 0 Å². The van der Waals surface area contributed by atoms with Crippen LogP contribution < -0.4 is 5.73 Å². The van der Waals surface area contributed by atoms with Crippen LogP contribution >= 0.6 is 11.3 Å². The second kappa shape index (κ2) is 3.90. The van der Waals surface area contributed by atoms with Gasteiger partial charge in [0.25, 0.3) is 0 Å². The van der Waals surface area contributed by atoms with Gasteiger partial charge in [-0.1, -0.05) is 0 Å². The molecule has 1 aliphatic heterocycles. The number of aryl methyl sites for hydroxylation is 1. The van der Waals surface area contributed by atoms with Crippen LogP contribution in [0.15, 0.2) is 5.51 Å². The van der Waals surface area contributed by atoms with E-state index < -0.39 is 0 Å². The van der Waals surface area contributed by atoms with Gasteiger partial charge in [0.05, 0.1) is 22.1 Å². The van der Waals surface area contributed by atoms with Gasteiger partial charge in [-0.15, -0.1) is 11.3 Å². The second-order valence-corrected chi connectivity index (χ2v) is 4.68. The molecule has 0 saturated carbocycles. The highest BCUT2D eigenvalue weighted by atomic mass is 32.1. The van der Waals surface area contributed by atoms with E-state index in [0.717, 1.165) is 10.6 Å². The molecule has 2 rings (SSSR count). The molecule has 2 atom stereocenters. The second-order valence-electron chi connectivity index (χ2n) is 3.79. The van der Waals surface area contributed by atoms with Gasteiger partial charge in [0, 0.05) is 19.0 Å². The average Bonchev–Trinajstić information content (AvgIpc) is 2.70. The summed E-state index contributed by atoms with van der Waals surface area (Å²) in [5.74, 6) is 0.155. The number of nitrogens with zero attached hydrogens (tertiary/aromatic N) is 2. The van der Waals surface area contributed by atoms with Gasteiger partial charge >= 0.3 is 0 Å². The van der Waals surface area contributed by atoms with E-state index in [1.54, 1.807) is 11.3 Å². The average molecular weight is 225 g/mol. The molecule has 4 nitrogen and oxygen atoms in total. The van der Waals surface area contributed by atoms with Crippen LogP contribution in [0.3, 0.4) is 0 Å². The lowest BCUT2D eigenvalue weighted by Gasteiger charge is -2.24.